The van der Waals surface area contributed by atoms with Crippen molar-refractivity contribution in [3.05, 3.63) is 48.0 Å². The van der Waals surface area contributed by atoms with Gasteiger partial charge in [0, 0.05) is 29.3 Å². The topological polar surface area (TPSA) is 94.2 Å². The zero-order valence-corrected chi connectivity index (χ0v) is 22.6. The lowest BCUT2D eigenvalue weighted by Crippen LogP contribution is -2.47. The van der Waals surface area contributed by atoms with Crippen molar-refractivity contribution in [1.29, 1.82) is 0 Å². The molecule has 196 valence electrons. The molecule has 36 heavy (non-hydrogen) atoms. The van der Waals surface area contributed by atoms with E-state index in [0.29, 0.717) is 37.5 Å². The maximum absolute atomic E-state index is 13.3. The summed E-state index contributed by atoms with van der Waals surface area (Å²) in [7, 11) is 0.189. The number of ether oxygens (including phenoxy) is 3. The van der Waals surface area contributed by atoms with Gasteiger partial charge in [-0.05, 0) is 61.7 Å². The molecule has 2 aliphatic rings. The van der Waals surface area contributed by atoms with E-state index < -0.39 is 9.84 Å². The molecule has 0 unspecified atom stereocenters. The summed E-state index contributed by atoms with van der Waals surface area (Å²) in [5.74, 6) is 2.21. The number of nitrogens with one attached hydrogen (secondary N) is 1. The van der Waals surface area contributed by atoms with Gasteiger partial charge in [-0.2, -0.15) is 0 Å². The molecule has 10 heteroatoms. The molecule has 0 spiro atoms. The first-order valence-corrected chi connectivity index (χ1v) is 14.9. The van der Waals surface area contributed by atoms with Crippen molar-refractivity contribution in [1.82, 2.24) is 10.2 Å². The number of sulfone groups is 1. The molecule has 0 radical (unpaired) electrons. The fraction of sp³-hybridized carbons (Fsp3) is 0.500. The molecule has 4 rings (SSSR count). The number of carbonyl (C=O) groups is 1. The fourth-order valence-electron chi connectivity index (χ4n) is 4.77. The number of benzene rings is 2. The molecule has 2 aromatic carbocycles. The lowest BCUT2D eigenvalue weighted by atomic mass is 10.1. The number of nitrogens with zero attached hydrogens (tertiary/aromatic N) is 1. The van der Waals surface area contributed by atoms with E-state index in [4.69, 9.17) is 14.2 Å². The van der Waals surface area contributed by atoms with Crippen molar-refractivity contribution in [2.75, 3.05) is 38.9 Å². The predicted octanol–water partition coefficient (Wildman–Crippen LogP) is 3.14. The Labute approximate surface area is 217 Å². The predicted molar refractivity (Wildman–Crippen MR) is 141 cm³/mol. The molecule has 2 aromatic rings. The zero-order chi connectivity index (χ0) is 25.7. The summed E-state index contributed by atoms with van der Waals surface area (Å²) in [6.45, 7) is 3.76. The number of carbonyl (C=O) groups excluding carboxylic acids is 1. The third-order valence-corrected chi connectivity index (χ3v) is 9.51. The zero-order valence-electron chi connectivity index (χ0n) is 20.9. The quantitative estimate of drug-likeness (QED) is 0.497. The van der Waals surface area contributed by atoms with Crippen molar-refractivity contribution in [2.45, 2.75) is 48.5 Å². The van der Waals surface area contributed by atoms with E-state index in [0.717, 1.165) is 22.8 Å². The van der Waals surface area contributed by atoms with Gasteiger partial charge in [-0.15, -0.1) is 11.8 Å². The van der Waals surface area contributed by atoms with Crippen LogP contribution in [0.25, 0.3) is 0 Å². The second-order valence-electron chi connectivity index (χ2n) is 9.12. The fourth-order valence-corrected chi connectivity index (χ4v) is 7.67. The molecule has 3 atom stereocenters. The van der Waals surface area contributed by atoms with Crippen LogP contribution >= 0.6 is 11.8 Å². The molecular weight excluding hydrogens is 500 g/mol. The van der Waals surface area contributed by atoms with E-state index in [1.165, 1.54) is 0 Å². The number of methoxy groups -OCH3 is 2. The van der Waals surface area contributed by atoms with Crippen LogP contribution in [0.4, 0.5) is 0 Å². The van der Waals surface area contributed by atoms with Crippen LogP contribution < -0.4 is 19.5 Å². The summed E-state index contributed by atoms with van der Waals surface area (Å²) >= 11 is 1.75. The van der Waals surface area contributed by atoms with Gasteiger partial charge in [-0.3, -0.25) is 9.69 Å². The number of hydrogen-bond donors (Lipinski definition) is 1. The van der Waals surface area contributed by atoms with E-state index in [2.05, 4.69) is 10.2 Å². The molecule has 0 aliphatic carbocycles. The first-order chi connectivity index (χ1) is 17.3. The third kappa shape index (κ3) is 6.66. The molecule has 8 nitrogen and oxygen atoms in total. The van der Waals surface area contributed by atoms with E-state index >= 15 is 0 Å². The van der Waals surface area contributed by atoms with Crippen molar-refractivity contribution in [3.63, 3.8) is 0 Å². The first kappa shape index (κ1) is 26.6. The minimum atomic E-state index is -3.07. The standard InChI is InChI=1S/C26H34N2O6S2/c1-4-34-25-13-18(5-10-24(25)33-3)15-28-16-22(35-21-8-6-20(32-2)7-9-21)14-23(28)26(29)27-19-11-12-36(30,31)17-19/h5-10,13,19,22-23H,4,11-12,14-17H2,1-3H3,(H,27,29)/t19-,22-,23+/m1/s1. The van der Waals surface area contributed by atoms with Crippen LogP contribution in [0, 0.1) is 0 Å². The van der Waals surface area contributed by atoms with E-state index in [9.17, 15) is 13.2 Å². The van der Waals surface area contributed by atoms with E-state index in [1.54, 1.807) is 26.0 Å². The monoisotopic (exact) mass is 534 g/mol. The summed E-state index contributed by atoms with van der Waals surface area (Å²) in [5.41, 5.74) is 1.02. The molecule has 2 fully saturated rings. The number of thioether (sulfide) groups is 1. The van der Waals surface area contributed by atoms with Crippen LogP contribution in [-0.2, 0) is 21.2 Å². The summed E-state index contributed by atoms with van der Waals surface area (Å²) in [6, 6.07) is 13.1. The van der Waals surface area contributed by atoms with Crippen molar-refractivity contribution in [3.8, 4) is 17.2 Å². The first-order valence-electron chi connectivity index (χ1n) is 12.2. The Morgan fingerprint density at radius 1 is 1.11 bits per heavy atom. The average molecular weight is 535 g/mol. The molecule has 1 amide bonds. The Bertz CT molecular complexity index is 1160. The van der Waals surface area contributed by atoms with Crippen LogP contribution in [0.3, 0.4) is 0 Å². The maximum Gasteiger partial charge on any atom is 0.237 e. The van der Waals surface area contributed by atoms with Crippen LogP contribution in [0.5, 0.6) is 17.2 Å². The summed E-state index contributed by atoms with van der Waals surface area (Å²) in [4.78, 5) is 16.6. The van der Waals surface area contributed by atoms with E-state index in [1.807, 2.05) is 49.4 Å². The SMILES string of the molecule is CCOc1cc(CN2C[C@H](Sc3ccc(OC)cc3)C[C@H]2C(=O)N[C@@H]2CCS(=O)(=O)C2)ccc1OC. The minimum Gasteiger partial charge on any atom is -0.497 e. The Kier molecular flexibility index (Phi) is 8.69. The highest BCUT2D eigenvalue weighted by Gasteiger charge is 2.39. The molecule has 0 bridgehead atoms. The van der Waals surface area contributed by atoms with Crippen LogP contribution in [0.15, 0.2) is 47.4 Å². The van der Waals surface area contributed by atoms with Gasteiger partial charge < -0.3 is 19.5 Å². The Hall–Kier alpha value is -2.43. The highest BCUT2D eigenvalue weighted by Crippen LogP contribution is 2.36. The Morgan fingerprint density at radius 3 is 2.53 bits per heavy atom. The number of amides is 1. The molecule has 2 saturated heterocycles. The van der Waals surface area contributed by atoms with Crippen molar-refractivity contribution < 1.29 is 27.4 Å². The largest absolute Gasteiger partial charge is 0.497 e. The van der Waals surface area contributed by atoms with Gasteiger partial charge in [0.15, 0.2) is 21.3 Å². The van der Waals surface area contributed by atoms with Crippen LogP contribution in [-0.4, -0.2) is 75.4 Å². The minimum absolute atomic E-state index is 0.0195. The lowest BCUT2D eigenvalue weighted by molar-refractivity contribution is -0.126. The summed E-state index contributed by atoms with van der Waals surface area (Å²) < 4.78 is 40.2. The smallest absolute Gasteiger partial charge is 0.237 e. The maximum atomic E-state index is 13.3. The van der Waals surface area contributed by atoms with Gasteiger partial charge in [0.25, 0.3) is 0 Å². The molecule has 2 aliphatic heterocycles. The molecule has 1 N–H and O–H groups in total. The number of rotatable bonds is 10. The van der Waals surface area contributed by atoms with E-state index in [-0.39, 0.29) is 34.7 Å². The van der Waals surface area contributed by atoms with Gasteiger partial charge >= 0.3 is 0 Å². The Morgan fingerprint density at radius 2 is 1.89 bits per heavy atom. The second-order valence-corrected chi connectivity index (χ2v) is 12.7. The summed E-state index contributed by atoms with van der Waals surface area (Å²) in [5, 5.41) is 3.23. The van der Waals surface area contributed by atoms with Gasteiger partial charge in [0.2, 0.25) is 5.91 Å². The highest BCUT2D eigenvalue weighted by atomic mass is 32.2. The number of likely N-dealkylation sites (tertiary alicyclic amines) is 1. The van der Waals surface area contributed by atoms with Gasteiger partial charge in [-0.25, -0.2) is 8.42 Å². The van der Waals surface area contributed by atoms with Gasteiger partial charge in [-0.1, -0.05) is 6.07 Å². The molecule has 2 heterocycles. The van der Waals surface area contributed by atoms with Crippen LogP contribution in [0.2, 0.25) is 0 Å². The number of hydrogen-bond acceptors (Lipinski definition) is 8. The molecule has 0 aromatic heterocycles. The average Bonchev–Trinajstić information content (AvgIpc) is 3.41. The lowest BCUT2D eigenvalue weighted by Gasteiger charge is -2.25. The van der Waals surface area contributed by atoms with Crippen molar-refractivity contribution in [2.24, 2.45) is 0 Å². The Balaban J connectivity index is 1.50. The van der Waals surface area contributed by atoms with Crippen molar-refractivity contribution >= 4 is 27.5 Å². The van der Waals surface area contributed by atoms with Gasteiger partial charge in [0.1, 0.15) is 5.75 Å². The van der Waals surface area contributed by atoms with Gasteiger partial charge in [0.05, 0.1) is 38.4 Å². The highest BCUT2D eigenvalue weighted by molar-refractivity contribution is 8.00. The molecular formula is C26H34N2O6S2. The third-order valence-electron chi connectivity index (χ3n) is 6.52. The normalized spacial score (nSPS) is 23.4. The summed E-state index contributed by atoms with van der Waals surface area (Å²) in [6.07, 6.45) is 1.15. The second kappa shape index (κ2) is 11.7. The molecule has 0 saturated carbocycles. The van der Waals surface area contributed by atoms with Crippen LogP contribution in [0.1, 0.15) is 25.3 Å².